The third-order valence-corrected chi connectivity index (χ3v) is 2.30. The standard InChI is InChI=1S/C9H7N3O2/c13-9-6-3-14-4-7(6)11-8-1-2-10-5-12(8)9/h1-2,5H,3-4H2. The van der Waals surface area contributed by atoms with Crippen molar-refractivity contribution in [1.29, 1.82) is 0 Å². The van der Waals surface area contributed by atoms with Crippen molar-refractivity contribution in [1.82, 2.24) is 14.4 Å². The Hall–Kier alpha value is -1.75. The summed E-state index contributed by atoms with van der Waals surface area (Å²) in [6.45, 7) is 0.794. The summed E-state index contributed by atoms with van der Waals surface area (Å²) in [5.41, 5.74) is 1.95. The number of rotatable bonds is 0. The molecule has 0 amide bonds. The van der Waals surface area contributed by atoms with Crippen molar-refractivity contribution in [2.75, 3.05) is 0 Å². The molecule has 5 heteroatoms. The molecule has 3 heterocycles. The van der Waals surface area contributed by atoms with Gasteiger partial charge in [0.25, 0.3) is 5.56 Å². The van der Waals surface area contributed by atoms with E-state index in [1.807, 2.05) is 0 Å². The molecule has 0 saturated heterocycles. The molecule has 0 saturated carbocycles. The van der Waals surface area contributed by atoms with Crippen LogP contribution in [-0.4, -0.2) is 14.4 Å². The van der Waals surface area contributed by atoms with Gasteiger partial charge in [-0.1, -0.05) is 0 Å². The number of hydrogen-bond donors (Lipinski definition) is 0. The Kier molecular flexibility index (Phi) is 1.43. The number of fused-ring (bicyclic) bond motifs is 2. The number of aromatic nitrogens is 3. The van der Waals surface area contributed by atoms with Gasteiger partial charge in [-0.05, 0) is 6.07 Å². The highest BCUT2D eigenvalue weighted by molar-refractivity contribution is 5.39. The Morgan fingerprint density at radius 2 is 2.36 bits per heavy atom. The van der Waals surface area contributed by atoms with Crippen molar-refractivity contribution in [2.24, 2.45) is 0 Å². The molecule has 1 aliphatic rings. The third kappa shape index (κ3) is 0.898. The fraction of sp³-hybridized carbons (Fsp3) is 0.222. The minimum absolute atomic E-state index is 0.0735. The molecule has 0 aliphatic carbocycles. The van der Waals surface area contributed by atoms with Crippen LogP contribution in [0.25, 0.3) is 5.65 Å². The van der Waals surface area contributed by atoms with Gasteiger partial charge in [-0.15, -0.1) is 0 Å². The Morgan fingerprint density at radius 1 is 1.43 bits per heavy atom. The van der Waals surface area contributed by atoms with E-state index < -0.39 is 0 Å². The van der Waals surface area contributed by atoms with Crippen molar-refractivity contribution in [3.05, 3.63) is 40.2 Å². The summed E-state index contributed by atoms with van der Waals surface area (Å²) in [6, 6.07) is 1.71. The summed E-state index contributed by atoms with van der Waals surface area (Å²) in [6.07, 6.45) is 3.09. The first-order valence-electron chi connectivity index (χ1n) is 4.28. The Balaban J connectivity index is 2.50. The molecule has 14 heavy (non-hydrogen) atoms. The van der Waals surface area contributed by atoms with Gasteiger partial charge in [0, 0.05) is 6.20 Å². The molecule has 0 N–H and O–H groups in total. The lowest BCUT2D eigenvalue weighted by molar-refractivity contribution is 0.133. The average Bonchev–Trinajstić information content (AvgIpc) is 2.66. The van der Waals surface area contributed by atoms with Crippen molar-refractivity contribution < 1.29 is 4.74 Å². The van der Waals surface area contributed by atoms with Crippen LogP contribution in [-0.2, 0) is 18.0 Å². The molecule has 2 aromatic heterocycles. The SMILES string of the molecule is O=c1c2c(nc3ccncn13)COC2. The highest BCUT2D eigenvalue weighted by Crippen LogP contribution is 2.13. The monoisotopic (exact) mass is 189 g/mol. The summed E-state index contributed by atoms with van der Waals surface area (Å²) < 4.78 is 6.61. The maximum absolute atomic E-state index is 11.8. The normalized spacial score (nSPS) is 14.6. The minimum Gasteiger partial charge on any atom is -0.370 e. The molecule has 0 fully saturated rings. The van der Waals surface area contributed by atoms with Crippen LogP contribution >= 0.6 is 0 Å². The molecule has 5 nitrogen and oxygen atoms in total. The minimum atomic E-state index is -0.0735. The molecular formula is C9H7N3O2. The van der Waals surface area contributed by atoms with Crippen LogP contribution in [0.15, 0.2) is 23.4 Å². The van der Waals surface area contributed by atoms with E-state index >= 15 is 0 Å². The molecule has 0 bridgehead atoms. The highest BCUT2D eigenvalue weighted by Gasteiger charge is 2.18. The smallest absolute Gasteiger partial charge is 0.264 e. The topological polar surface area (TPSA) is 56.5 Å². The fourth-order valence-corrected chi connectivity index (χ4v) is 1.59. The molecule has 0 radical (unpaired) electrons. The van der Waals surface area contributed by atoms with Crippen molar-refractivity contribution in [3.8, 4) is 0 Å². The van der Waals surface area contributed by atoms with Crippen LogP contribution in [0, 0.1) is 0 Å². The molecule has 0 atom stereocenters. The van der Waals surface area contributed by atoms with Gasteiger partial charge in [0.2, 0.25) is 0 Å². The largest absolute Gasteiger partial charge is 0.370 e. The zero-order chi connectivity index (χ0) is 9.54. The molecular weight excluding hydrogens is 182 g/mol. The van der Waals surface area contributed by atoms with Gasteiger partial charge >= 0.3 is 0 Å². The van der Waals surface area contributed by atoms with Gasteiger partial charge in [0.15, 0.2) is 0 Å². The summed E-state index contributed by atoms with van der Waals surface area (Å²) in [5.74, 6) is 0. The van der Waals surface area contributed by atoms with Gasteiger partial charge in [-0.2, -0.15) is 0 Å². The van der Waals surface area contributed by atoms with Crippen molar-refractivity contribution in [2.45, 2.75) is 13.2 Å². The van der Waals surface area contributed by atoms with E-state index in [0.29, 0.717) is 24.4 Å². The highest BCUT2D eigenvalue weighted by atomic mass is 16.5. The van der Waals surface area contributed by atoms with Crippen LogP contribution in [0.4, 0.5) is 0 Å². The Bertz CT molecular complexity index is 561. The lowest BCUT2D eigenvalue weighted by atomic mass is 10.3. The van der Waals surface area contributed by atoms with Crippen LogP contribution in [0.3, 0.4) is 0 Å². The first-order chi connectivity index (χ1) is 6.86. The first kappa shape index (κ1) is 7.64. The molecule has 0 unspecified atom stereocenters. The second-order valence-corrected chi connectivity index (χ2v) is 3.14. The van der Waals surface area contributed by atoms with E-state index in [1.165, 1.54) is 10.7 Å². The Labute approximate surface area is 79.0 Å². The van der Waals surface area contributed by atoms with Crippen LogP contribution in [0.2, 0.25) is 0 Å². The zero-order valence-corrected chi connectivity index (χ0v) is 7.30. The van der Waals surface area contributed by atoms with Crippen molar-refractivity contribution in [3.63, 3.8) is 0 Å². The van der Waals surface area contributed by atoms with Crippen LogP contribution in [0.1, 0.15) is 11.3 Å². The molecule has 3 rings (SSSR count). The predicted octanol–water partition coefficient (Wildman–Crippen LogP) is 0.120. The van der Waals surface area contributed by atoms with E-state index in [2.05, 4.69) is 9.97 Å². The predicted molar refractivity (Wildman–Crippen MR) is 47.8 cm³/mol. The second-order valence-electron chi connectivity index (χ2n) is 3.14. The zero-order valence-electron chi connectivity index (χ0n) is 7.30. The summed E-state index contributed by atoms with van der Waals surface area (Å²) in [5, 5.41) is 0. The van der Waals surface area contributed by atoms with Crippen molar-refractivity contribution >= 4 is 5.65 Å². The number of nitrogens with zero attached hydrogens (tertiary/aromatic N) is 3. The van der Waals surface area contributed by atoms with E-state index in [4.69, 9.17) is 4.74 Å². The fourth-order valence-electron chi connectivity index (χ4n) is 1.59. The van der Waals surface area contributed by atoms with Crippen LogP contribution < -0.4 is 5.56 Å². The maximum atomic E-state index is 11.8. The lowest BCUT2D eigenvalue weighted by Crippen LogP contribution is -2.20. The van der Waals surface area contributed by atoms with E-state index in [-0.39, 0.29) is 5.56 Å². The van der Waals surface area contributed by atoms with E-state index in [9.17, 15) is 4.79 Å². The molecule has 1 aliphatic heterocycles. The molecule has 70 valence electrons. The average molecular weight is 189 g/mol. The van der Waals surface area contributed by atoms with Gasteiger partial charge in [-0.3, -0.25) is 9.20 Å². The van der Waals surface area contributed by atoms with Gasteiger partial charge in [-0.25, -0.2) is 9.97 Å². The Morgan fingerprint density at radius 3 is 3.29 bits per heavy atom. The maximum Gasteiger partial charge on any atom is 0.264 e. The summed E-state index contributed by atoms with van der Waals surface area (Å²) in [7, 11) is 0. The van der Waals surface area contributed by atoms with Gasteiger partial charge < -0.3 is 4.74 Å². The first-order valence-corrected chi connectivity index (χ1v) is 4.28. The molecule has 0 spiro atoms. The van der Waals surface area contributed by atoms with Crippen LogP contribution in [0.5, 0.6) is 0 Å². The van der Waals surface area contributed by atoms with E-state index in [1.54, 1.807) is 12.3 Å². The van der Waals surface area contributed by atoms with Gasteiger partial charge in [0.1, 0.15) is 12.0 Å². The quantitative estimate of drug-likeness (QED) is 0.590. The van der Waals surface area contributed by atoms with Gasteiger partial charge in [0.05, 0.1) is 24.5 Å². The second kappa shape index (κ2) is 2.62. The number of ether oxygens (including phenoxy) is 1. The lowest BCUT2D eigenvalue weighted by Gasteiger charge is -2.00. The molecule has 2 aromatic rings. The van der Waals surface area contributed by atoms with E-state index in [0.717, 1.165) is 5.69 Å². The summed E-state index contributed by atoms with van der Waals surface area (Å²) >= 11 is 0. The molecule has 0 aromatic carbocycles. The number of hydrogen-bond acceptors (Lipinski definition) is 4. The summed E-state index contributed by atoms with van der Waals surface area (Å²) in [4.78, 5) is 20.0. The third-order valence-electron chi connectivity index (χ3n) is 2.30.